The molecule has 0 radical (unpaired) electrons. The molecular weight excluding hydrogens is 813 g/mol. The van der Waals surface area contributed by atoms with Crippen molar-refractivity contribution < 1.29 is 4.42 Å². The summed E-state index contributed by atoms with van der Waals surface area (Å²) in [4.78, 5) is 2.35. The maximum absolute atomic E-state index is 6.28. The van der Waals surface area contributed by atoms with Crippen molar-refractivity contribution in [1.29, 1.82) is 0 Å². The smallest absolute Gasteiger partial charge is 0.135 e. The van der Waals surface area contributed by atoms with Crippen LogP contribution in [-0.2, 0) is 0 Å². The van der Waals surface area contributed by atoms with Gasteiger partial charge < -0.3 is 13.9 Å². The fraction of sp³-hybridized carbons (Fsp3) is 0. The first kappa shape index (κ1) is 38.5. The van der Waals surface area contributed by atoms with E-state index in [-0.39, 0.29) is 0 Å². The average Bonchev–Trinajstić information content (AvgIpc) is 3.94. The molecule has 0 N–H and O–H groups in total. The Balaban J connectivity index is 0.960. The SMILES string of the molecule is c1ccc(N(c2cccc(-c3cccc(-c4cc(-c5ccc6oc7ccccc7c6c5)cc(-c5ccc6c7ccccc7n(-c7ccccc7)c6c5)c4)c3)c2)c2ccc3ccccc3c2)cc1. The monoisotopic (exact) mass is 854 g/mol. The molecule has 0 unspecified atom stereocenters. The van der Waals surface area contributed by atoms with Crippen LogP contribution in [0.5, 0.6) is 0 Å². The van der Waals surface area contributed by atoms with E-state index in [2.05, 4.69) is 252 Å². The molecule has 3 heteroatoms. The molecule has 2 aromatic heterocycles. The zero-order chi connectivity index (χ0) is 44.3. The van der Waals surface area contributed by atoms with Crippen molar-refractivity contribution in [2.75, 3.05) is 4.90 Å². The van der Waals surface area contributed by atoms with Crippen molar-refractivity contribution in [3.8, 4) is 50.2 Å². The van der Waals surface area contributed by atoms with Gasteiger partial charge in [-0.1, -0.05) is 152 Å². The molecule has 0 aliphatic rings. The number of fused-ring (bicyclic) bond motifs is 7. The summed E-state index contributed by atoms with van der Waals surface area (Å²) in [5.74, 6) is 0. The van der Waals surface area contributed by atoms with E-state index in [9.17, 15) is 0 Å². The predicted octanol–water partition coefficient (Wildman–Crippen LogP) is 18.0. The normalized spacial score (nSPS) is 11.6. The summed E-state index contributed by atoms with van der Waals surface area (Å²) in [6.45, 7) is 0. The Bertz CT molecular complexity index is 3990. The van der Waals surface area contributed by atoms with Crippen molar-refractivity contribution in [1.82, 2.24) is 4.57 Å². The zero-order valence-electron chi connectivity index (χ0n) is 36.6. The molecule has 0 atom stereocenters. The van der Waals surface area contributed by atoms with Crippen LogP contribution in [0.1, 0.15) is 0 Å². The summed E-state index contributed by atoms with van der Waals surface area (Å²) in [6, 6.07) is 92.2. The third-order valence-corrected chi connectivity index (χ3v) is 13.3. The summed E-state index contributed by atoms with van der Waals surface area (Å²) in [5, 5.41) is 7.15. The first-order chi connectivity index (χ1) is 33.2. The molecule has 0 aliphatic carbocycles. The number of hydrogen-bond donors (Lipinski definition) is 0. The lowest BCUT2D eigenvalue weighted by molar-refractivity contribution is 0.669. The minimum atomic E-state index is 0.891. The van der Waals surface area contributed by atoms with Gasteiger partial charge in [-0.3, -0.25) is 0 Å². The summed E-state index contributed by atoms with van der Waals surface area (Å²) in [5.41, 5.74) is 17.8. The second-order valence-corrected chi connectivity index (χ2v) is 17.4. The van der Waals surface area contributed by atoms with Crippen LogP contribution in [0.3, 0.4) is 0 Å². The number of rotatable bonds is 8. The lowest BCUT2D eigenvalue weighted by atomic mass is 9.91. The van der Waals surface area contributed by atoms with Crippen LogP contribution < -0.4 is 4.90 Å². The van der Waals surface area contributed by atoms with Crippen LogP contribution in [0.25, 0.3) is 105 Å². The molecule has 0 bridgehead atoms. The van der Waals surface area contributed by atoms with Gasteiger partial charge in [0.2, 0.25) is 0 Å². The standard InChI is InChI=1S/C64H42N2O/c1-3-20-53(21-4-1)65(56-32-29-43-15-7-8-16-46(43)39-56)55-24-14-19-47(40-55)44-17-13-18-45(35-44)50-36-51(48-31-34-64-60(41-48)59-26-10-12-28-63(59)67-64)38-52(37-50)49-30-33-58-57-25-9-11-27-61(57)66(62(58)42-49)54-22-5-2-6-23-54/h1-42H. The van der Waals surface area contributed by atoms with Gasteiger partial charge in [0.05, 0.1) is 11.0 Å². The Hall–Kier alpha value is -8.92. The Labute approximate surface area is 388 Å². The van der Waals surface area contributed by atoms with Gasteiger partial charge in [0.25, 0.3) is 0 Å². The summed E-state index contributed by atoms with van der Waals surface area (Å²) in [7, 11) is 0. The maximum atomic E-state index is 6.28. The lowest BCUT2D eigenvalue weighted by Gasteiger charge is -2.26. The molecule has 0 aliphatic heterocycles. The van der Waals surface area contributed by atoms with Crippen LogP contribution in [0.4, 0.5) is 17.1 Å². The van der Waals surface area contributed by atoms with Gasteiger partial charge in [-0.15, -0.1) is 0 Å². The minimum absolute atomic E-state index is 0.891. The number of nitrogens with zero attached hydrogens (tertiary/aromatic N) is 2. The summed E-state index contributed by atoms with van der Waals surface area (Å²) < 4.78 is 8.68. The van der Waals surface area contributed by atoms with E-state index in [0.29, 0.717) is 0 Å². The van der Waals surface area contributed by atoms with Gasteiger partial charge in [0, 0.05) is 44.3 Å². The van der Waals surface area contributed by atoms with E-state index >= 15 is 0 Å². The van der Waals surface area contributed by atoms with Crippen LogP contribution >= 0.6 is 0 Å². The van der Waals surface area contributed by atoms with E-state index < -0.39 is 0 Å². The molecular formula is C64H42N2O. The Morgan fingerprint density at radius 1 is 0.269 bits per heavy atom. The quantitative estimate of drug-likeness (QED) is 0.152. The second kappa shape index (κ2) is 16.0. The van der Waals surface area contributed by atoms with Gasteiger partial charge >= 0.3 is 0 Å². The number of aromatic nitrogens is 1. The first-order valence-electron chi connectivity index (χ1n) is 22.9. The van der Waals surface area contributed by atoms with E-state index in [4.69, 9.17) is 4.42 Å². The highest BCUT2D eigenvalue weighted by atomic mass is 16.3. The van der Waals surface area contributed by atoms with Crippen molar-refractivity contribution in [3.63, 3.8) is 0 Å². The van der Waals surface area contributed by atoms with Crippen molar-refractivity contribution in [2.45, 2.75) is 0 Å². The molecule has 11 aromatic carbocycles. The van der Waals surface area contributed by atoms with E-state index in [1.165, 1.54) is 32.6 Å². The Morgan fingerprint density at radius 3 is 1.61 bits per heavy atom. The van der Waals surface area contributed by atoms with Gasteiger partial charge in [0.1, 0.15) is 11.2 Å². The number of para-hydroxylation sites is 4. The molecule has 67 heavy (non-hydrogen) atoms. The zero-order valence-corrected chi connectivity index (χ0v) is 36.6. The summed E-state index contributed by atoms with van der Waals surface area (Å²) in [6.07, 6.45) is 0. The molecule has 0 spiro atoms. The highest BCUT2D eigenvalue weighted by molar-refractivity contribution is 6.10. The third kappa shape index (κ3) is 6.84. The average molecular weight is 855 g/mol. The fourth-order valence-electron chi connectivity index (χ4n) is 10.1. The Morgan fingerprint density at radius 2 is 0.806 bits per heavy atom. The highest BCUT2D eigenvalue weighted by Gasteiger charge is 2.17. The van der Waals surface area contributed by atoms with Gasteiger partial charge in [-0.05, 0) is 158 Å². The molecule has 13 aromatic rings. The van der Waals surface area contributed by atoms with E-state index in [1.807, 2.05) is 12.1 Å². The minimum Gasteiger partial charge on any atom is -0.456 e. The van der Waals surface area contributed by atoms with E-state index in [1.54, 1.807) is 0 Å². The Kier molecular flexibility index (Phi) is 9.17. The summed E-state index contributed by atoms with van der Waals surface area (Å²) >= 11 is 0. The molecule has 314 valence electrons. The maximum Gasteiger partial charge on any atom is 0.135 e. The largest absolute Gasteiger partial charge is 0.456 e. The molecule has 3 nitrogen and oxygen atoms in total. The third-order valence-electron chi connectivity index (χ3n) is 13.3. The second-order valence-electron chi connectivity index (χ2n) is 17.4. The topological polar surface area (TPSA) is 21.3 Å². The van der Waals surface area contributed by atoms with E-state index in [0.717, 1.165) is 89.2 Å². The number of benzene rings is 11. The number of anilines is 3. The van der Waals surface area contributed by atoms with Gasteiger partial charge in [0.15, 0.2) is 0 Å². The van der Waals surface area contributed by atoms with Crippen LogP contribution in [0, 0.1) is 0 Å². The van der Waals surface area contributed by atoms with Crippen LogP contribution in [0.15, 0.2) is 259 Å². The molecule has 0 saturated carbocycles. The van der Waals surface area contributed by atoms with Gasteiger partial charge in [-0.25, -0.2) is 0 Å². The molecule has 0 amide bonds. The van der Waals surface area contributed by atoms with Crippen molar-refractivity contribution in [2.24, 2.45) is 0 Å². The van der Waals surface area contributed by atoms with Crippen molar-refractivity contribution in [3.05, 3.63) is 255 Å². The van der Waals surface area contributed by atoms with Gasteiger partial charge in [-0.2, -0.15) is 0 Å². The fourth-order valence-corrected chi connectivity index (χ4v) is 10.1. The van der Waals surface area contributed by atoms with Crippen LogP contribution in [-0.4, -0.2) is 4.57 Å². The molecule has 0 fully saturated rings. The predicted molar refractivity (Wildman–Crippen MR) is 282 cm³/mol. The molecule has 2 heterocycles. The van der Waals surface area contributed by atoms with Crippen molar-refractivity contribution >= 4 is 71.6 Å². The number of furan rings is 1. The lowest BCUT2D eigenvalue weighted by Crippen LogP contribution is -2.09. The van der Waals surface area contributed by atoms with Crippen LogP contribution in [0.2, 0.25) is 0 Å². The highest BCUT2D eigenvalue weighted by Crippen LogP contribution is 2.42. The molecule has 13 rings (SSSR count). The number of hydrogen-bond acceptors (Lipinski definition) is 2. The first-order valence-corrected chi connectivity index (χ1v) is 22.9. The molecule has 0 saturated heterocycles.